The zero-order valence-electron chi connectivity index (χ0n) is 8.22. The number of nitrogens with one attached hydrogen (secondary N) is 1. The number of anilines is 1. The minimum atomic E-state index is 0.622. The SMILES string of the molecule is Cc1ccc(Cl)cc1NC1CCSC1. The quantitative estimate of drug-likeness (QED) is 0.829. The van der Waals surface area contributed by atoms with Gasteiger partial charge in [-0.15, -0.1) is 0 Å². The molecule has 1 heterocycles. The van der Waals surface area contributed by atoms with E-state index >= 15 is 0 Å². The largest absolute Gasteiger partial charge is 0.381 e. The van der Waals surface area contributed by atoms with Gasteiger partial charge in [-0.2, -0.15) is 11.8 Å². The molecule has 76 valence electrons. The Bertz CT molecular complexity index is 321. The summed E-state index contributed by atoms with van der Waals surface area (Å²) < 4.78 is 0. The van der Waals surface area contributed by atoms with Gasteiger partial charge in [0, 0.05) is 22.5 Å². The smallest absolute Gasteiger partial charge is 0.0426 e. The second-order valence-corrected chi connectivity index (χ2v) is 5.25. The molecule has 0 radical (unpaired) electrons. The van der Waals surface area contributed by atoms with Crippen LogP contribution in [0.15, 0.2) is 18.2 Å². The van der Waals surface area contributed by atoms with Crippen molar-refractivity contribution < 1.29 is 0 Å². The van der Waals surface area contributed by atoms with Crippen LogP contribution in [0, 0.1) is 6.92 Å². The van der Waals surface area contributed by atoms with Gasteiger partial charge in [0.05, 0.1) is 0 Å². The van der Waals surface area contributed by atoms with Gasteiger partial charge < -0.3 is 5.32 Å². The molecule has 1 fully saturated rings. The van der Waals surface area contributed by atoms with Crippen molar-refractivity contribution in [1.29, 1.82) is 0 Å². The molecule has 0 bridgehead atoms. The van der Waals surface area contributed by atoms with Gasteiger partial charge in [-0.05, 0) is 36.8 Å². The molecule has 1 atom stereocenters. The number of hydrogen-bond acceptors (Lipinski definition) is 2. The van der Waals surface area contributed by atoms with Crippen LogP contribution >= 0.6 is 23.4 Å². The molecule has 0 spiro atoms. The molecule has 1 aliphatic rings. The summed E-state index contributed by atoms with van der Waals surface area (Å²) in [7, 11) is 0. The highest BCUT2D eigenvalue weighted by Gasteiger charge is 2.15. The zero-order chi connectivity index (χ0) is 9.97. The van der Waals surface area contributed by atoms with E-state index in [4.69, 9.17) is 11.6 Å². The number of aryl methyl sites for hydroxylation is 1. The number of rotatable bonds is 2. The lowest BCUT2D eigenvalue weighted by molar-refractivity contribution is 0.812. The molecule has 0 aromatic heterocycles. The Labute approximate surface area is 94.2 Å². The molecule has 0 aliphatic carbocycles. The molecule has 14 heavy (non-hydrogen) atoms. The topological polar surface area (TPSA) is 12.0 Å². The van der Waals surface area contributed by atoms with Gasteiger partial charge >= 0.3 is 0 Å². The number of halogens is 1. The van der Waals surface area contributed by atoms with Gasteiger partial charge in [0.2, 0.25) is 0 Å². The second kappa shape index (κ2) is 4.45. The van der Waals surface area contributed by atoms with E-state index in [0.29, 0.717) is 6.04 Å². The summed E-state index contributed by atoms with van der Waals surface area (Å²) in [6.45, 7) is 2.11. The minimum Gasteiger partial charge on any atom is -0.381 e. The lowest BCUT2D eigenvalue weighted by Crippen LogP contribution is -2.18. The van der Waals surface area contributed by atoms with Crippen LogP contribution < -0.4 is 5.32 Å². The van der Waals surface area contributed by atoms with Crippen LogP contribution in [0.25, 0.3) is 0 Å². The number of benzene rings is 1. The summed E-state index contributed by atoms with van der Waals surface area (Å²) in [5, 5.41) is 4.35. The van der Waals surface area contributed by atoms with Crippen molar-refractivity contribution in [3.8, 4) is 0 Å². The van der Waals surface area contributed by atoms with Gasteiger partial charge in [-0.1, -0.05) is 17.7 Å². The Balaban J connectivity index is 2.10. The normalized spacial score (nSPS) is 21.1. The molecular formula is C11H14ClNS. The first-order valence-corrected chi connectivity index (χ1v) is 6.39. The summed E-state index contributed by atoms with van der Waals surface area (Å²) >= 11 is 7.97. The molecule has 1 aliphatic heterocycles. The van der Waals surface area contributed by atoms with Crippen LogP contribution in [0.4, 0.5) is 5.69 Å². The third-order valence-corrected chi connectivity index (χ3v) is 3.89. The van der Waals surface area contributed by atoms with Gasteiger partial charge in [0.1, 0.15) is 0 Å². The molecular weight excluding hydrogens is 214 g/mol. The molecule has 3 heteroatoms. The molecule has 1 saturated heterocycles. The van der Waals surface area contributed by atoms with Crippen molar-refractivity contribution >= 4 is 29.1 Å². The van der Waals surface area contributed by atoms with E-state index in [2.05, 4.69) is 18.3 Å². The molecule has 1 nitrogen and oxygen atoms in total. The molecule has 2 rings (SSSR count). The third kappa shape index (κ3) is 2.37. The first-order valence-electron chi connectivity index (χ1n) is 4.86. The molecule has 1 aromatic carbocycles. The molecule has 0 saturated carbocycles. The average molecular weight is 228 g/mol. The van der Waals surface area contributed by atoms with E-state index in [1.54, 1.807) is 0 Å². The van der Waals surface area contributed by atoms with E-state index < -0.39 is 0 Å². The summed E-state index contributed by atoms with van der Waals surface area (Å²) in [4.78, 5) is 0. The van der Waals surface area contributed by atoms with E-state index in [1.807, 2.05) is 23.9 Å². The van der Waals surface area contributed by atoms with Gasteiger partial charge in [-0.3, -0.25) is 0 Å². The van der Waals surface area contributed by atoms with Crippen molar-refractivity contribution in [1.82, 2.24) is 0 Å². The monoisotopic (exact) mass is 227 g/mol. The van der Waals surface area contributed by atoms with Crippen LogP contribution in [-0.4, -0.2) is 17.5 Å². The maximum absolute atomic E-state index is 5.96. The lowest BCUT2D eigenvalue weighted by atomic mass is 10.1. The summed E-state index contributed by atoms with van der Waals surface area (Å²) in [6, 6.07) is 6.63. The number of hydrogen-bond donors (Lipinski definition) is 1. The molecule has 0 amide bonds. The standard InChI is InChI=1S/C11H14ClNS/c1-8-2-3-9(12)6-11(8)13-10-4-5-14-7-10/h2-3,6,10,13H,4-5,7H2,1H3. The molecule has 1 N–H and O–H groups in total. The Hall–Kier alpha value is -0.340. The predicted octanol–water partition coefficient (Wildman–Crippen LogP) is 3.57. The van der Waals surface area contributed by atoms with Crippen LogP contribution in [0.2, 0.25) is 5.02 Å². The van der Waals surface area contributed by atoms with Gasteiger partial charge in [-0.25, -0.2) is 0 Å². The summed E-state index contributed by atoms with van der Waals surface area (Å²) in [5.74, 6) is 2.49. The van der Waals surface area contributed by atoms with E-state index in [1.165, 1.54) is 29.2 Å². The fourth-order valence-corrected chi connectivity index (χ4v) is 2.94. The summed E-state index contributed by atoms with van der Waals surface area (Å²) in [6.07, 6.45) is 1.26. The first kappa shape index (κ1) is 10.2. The predicted molar refractivity (Wildman–Crippen MR) is 65.5 cm³/mol. The van der Waals surface area contributed by atoms with Crippen LogP contribution in [0.5, 0.6) is 0 Å². The van der Waals surface area contributed by atoms with Gasteiger partial charge in [0.25, 0.3) is 0 Å². The van der Waals surface area contributed by atoms with E-state index in [0.717, 1.165) is 5.02 Å². The Kier molecular flexibility index (Phi) is 3.24. The van der Waals surface area contributed by atoms with E-state index in [9.17, 15) is 0 Å². The van der Waals surface area contributed by atoms with Crippen molar-refractivity contribution in [2.45, 2.75) is 19.4 Å². The van der Waals surface area contributed by atoms with Crippen molar-refractivity contribution in [2.24, 2.45) is 0 Å². The highest BCUT2D eigenvalue weighted by Crippen LogP contribution is 2.25. The highest BCUT2D eigenvalue weighted by atomic mass is 35.5. The Morgan fingerprint density at radius 1 is 1.50 bits per heavy atom. The zero-order valence-corrected chi connectivity index (χ0v) is 9.79. The number of thioether (sulfide) groups is 1. The highest BCUT2D eigenvalue weighted by molar-refractivity contribution is 7.99. The van der Waals surface area contributed by atoms with Crippen molar-refractivity contribution in [2.75, 3.05) is 16.8 Å². The Morgan fingerprint density at radius 2 is 2.36 bits per heavy atom. The van der Waals surface area contributed by atoms with Gasteiger partial charge in [0.15, 0.2) is 0 Å². The fourth-order valence-electron chi connectivity index (χ4n) is 1.62. The van der Waals surface area contributed by atoms with E-state index in [-0.39, 0.29) is 0 Å². The molecule has 1 unspecified atom stereocenters. The first-order chi connectivity index (χ1) is 6.75. The van der Waals surface area contributed by atoms with Crippen LogP contribution in [0.1, 0.15) is 12.0 Å². The van der Waals surface area contributed by atoms with Crippen molar-refractivity contribution in [3.63, 3.8) is 0 Å². The average Bonchev–Trinajstić information content (AvgIpc) is 2.64. The Morgan fingerprint density at radius 3 is 3.07 bits per heavy atom. The van der Waals surface area contributed by atoms with Crippen LogP contribution in [0.3, 0.4) is 0 Å². The van der Waals surface area contributed by atoms with Crippen molar-refractivity contribution in [3.05, 3.63) is 28.8 Å². The minimum absolute atomic E-state index is 0.622. The maximum atomic E-state index is 5.96. The van der Waals surface area contributed by atoms with Crippen LogP contribution in [-0.2, 0) is 0 Å². The third-order valence-electron chi connectivity index (χ3n) is 2.49. The maximum Gasteiger partial charge on any atom is 0.0426 e. The lowest BCUT2D eigenvalue weighted by Gasteiger charge is -2.15. The molecule has 1 aromatic rings. The fraction of sp³-hybridized carbons (Fsp3) is 0.455. The summed E-state index contributed by atoms with van der Waals surface area (Å²) in [5.41, 5.74) is 2.45. The second-order valence-electron chi connectivity index (χ2n) is 3.66.